The van der Waals surface area contributed by atoms with E-state index in [1.54, 1.807) is 32.9 Å². The van der Waals surface area contributed by atoms with Crippen LogP contribution in [0, 0.1) is 11.2 Å². The number of rotatable bonds is 10. The molecule has 1 saturated heterocycles. The Labute approximate surface area is 233 Å². The van der Waals surface area contributed by atoms with Crippen LogP contribution in [-0.2, 0) is 37.0 Å². The van der Waals surface area contributed by atoms with Crippen LogP contribution in [0.25, 0.3) is 0 Å². The number of benzene rings is 3. The Hall–Kier alpha value is -2.75. The highest BCUT2D eigenvalue weighted by atomic mass is 32.2. The molecule has 5 atom stereocenters. The second-order valence-electron chi connectivity index (χ2n) is 10.4. The number of ether oxygens (including phenoxy) is 4. The average molecular weight is 555 g/mol. The number of halogens is 1. The van der Waals surface area contributed by atoms with Crippen molar-refractivity contribution in [1.82, 2.24) is 0 Å². The van der Waals surface area contributed by atoms with E-state index in [4.69, 9.17) is 18.9 Å². The molecule has 1 aliphatic rings. The summed E-state index contributed by atoms with van der Waals surface area (Å²) in [5.74, 6) is -0.773. The van der Waals surface area contributed by atoms with Crippen LogP contribution < -0.4 is 0 Å². The molecule has 3 aromatic rings. The molecular weight excluding hydrogens is 519 g/mol. The van der Waals surface area contributed by atoms with Crippen molar-refractivity contribution < 1.29 is 33.2 Å². The number of esters is 1. The molecule has 3 aromatic carbocycles. The lowest BCUT2D eigenvalue weighted by atomic mass is 9.95. The first-order valence-electron chi connectivity index (χ1n) is 13.0. The Morgan fingerprint density at radius 3 is 1.90 bits per heavy atom. The van der Waals surface area contributed by atoms with Crippen LogP contribution in [-0.4, -0.2) is 47.5 Å². The van der Waals surface area contributed by atoms with Crippen LogP contribution in [0.15, 0.2) is 89.8 Å². The van der Waals surface area contributed by atoms with Gasteiger partial charge in [-0.25, -0.2) is 4.39 Å². The van der Waals surface area contributed by atoms with Gasteiger partial charge in [0.25, 0.3) is 0 Å². The van der Waals surface area contributed by atoms with Gasteiger partial charge < -0.3 is 24.1 Å². The summed E-state index contributed by atoms with van der Waals surface area (Å²) in [6, 6.07) is 25.3. The van der Waals surface area contributed by atoms with Gasteiger partial charge in [0.15, 0.2) is 6.10 Å². The van der Waals surface area contributed by atoms with Crippen molar-refractivity contribution in [2.24, 2.45) is 5.41 Å². The maximum atomic E-state index is 13.6. The Morgan fingerprint density at radius 1 is 0.846 bits per heavy atom. The minimum atomic E-state index is -0.876. The third kappa shape index (κ3) is 8.13. The van der Waals surface area contributed by atoms with E-state index in [0.29, 0.717) is 0 Å². The molecule has 4 rings (SSSR count). The van der Waals surface area contributed by atoms with Crippen LogP contribution in [0.5, 0.6) is 0 Å². The topological polar surface area (TPSA) is 74.2 Å². The van der Waals surface area contributed by atoms with Crippen LogP contribution in [0.3, 0.4) is 0 Å². The number of aliphatic hydroxyl groups excluding tert-OH is 1. The minimum absolute atomic E-state index is 0.242. The molecule has 0 spiro atoms. The van der Waals surface area contributed by atoms with Gasteiger partial charge in [-0.3, -0.25) is 4.79 Å². The minimum Gasteiger partial charge on any atom is -0.455 e. The molecule has 0 saturated carbocycles. The fourth-order valence-electron chi connectivity index (χ4n) is 4.12. The Bertz CT molecular complexity index is 1170. The molecule has 0 aromatic heterocycles. The standard InChI is InChI=1S/C31H35FO6S/c1-31(2,3)30(34)38-28-27(36-20-22-12-8-5-9-13-22)26(35-19-21-10-6-4-7-11-21)25(18-33)37-29(28)39-24-16-14-23(32)15-17-24/h4-17,25-29,33H,18-20H2,1-3H3/t25-,26-,27+,28+,29-/m1/s1. The van der Waals surface area contributed by atoms with Gasteiger partial charge in [-0.15, -0.1) is 0 Å². The summed E-state index contributed by atoms with van der Waals surface area (Å²) in [6.45, 7) is 5.51. The highest BCUT2D eigenvalue weighted by molar-refractivity contribution is 7.99. The molecule has 0 aliphatic carbocycles. The van der Waals surface area contributed by atoms with Gasteiger partial charge in [0.05, 0.1) is 25.2 Å². The van der Waals surface area contributed by atoms with Crippen molar-refractivity contribution in [3.63, 3.8) is 0 Å². The zero-order chi connectivity index (χ0) is 27.8. The summed E-state index contributed by atoms with van der Waals surface area (Å²) in [7, 11) is 0. The van der Waals surface area contributed by atoms with Crippen LogP contribution in [0.1, 0.15) is 31.9 Å². The maximum absolute atomic E-state index is 13.6. The lowest BCUT2D eigenvalue weighted by molar-refractivity contribution is -0.249. The third-order valence-electron chi connectivity index (χ3n) is 6.26. The zero-order valence-electron chi connectivity index (χ0n) is 22.4. The number of thioether (sulfide) groups is 1. The van der Waals surface area contributed by atoms with E-state index in [9.17, 15) is 14.3 Å². The number of aliphatic hydroxyl groups is 1. The summed E-state index contributed by atoms with van der Waals surface area (Å²) in [5, 5.41) is 10.4. The molecule has 8 heteroatoms. The monoisotopic (exact) mass is 554 g/mol. The second kappa shape index (κ2) is 13.5. The second-order valence-corrected chi connectivity index (χ2v) is 11.6. The first kappa shape index (κ1) is 29.2. The van der Waals surface area contributed by atoms with E-state index in [0.717, 1.165) is 16.0 Å². The van der Waals surface area contributed by atoms with E-state index < -0.39 is 41.2 Å². The first-order valence-corrected chi connectivity index (χ1v) is 13.8. The molecule has 208 valence electrons. The number of hydrogen-bond donors (Lipinski definition) is 1. The molecule has 0 amide bonds. The van der Waals surface area contributed by atoms with Gasteiger partial charge in [0.2, 0.25) is 0 Å². The predicted octanol–water partition coefficient (Wildman–Crippen LogP) is 5.76. The number of carbonyl (C=O) groups excluding carboxylic acids is 1. The molecule has 39 heavy (non-hydrogen) atoms. The van der Waals surface area contributed by atoms with Crippen molar-refractivity contribution >= 4 is 17.7 Å². The van der Waals surface area contributed by atoms with Crippen molar-refractivity contribution in [3.8, 4) is 0 Å². The van der Waals surface area contributed by atoms with Crippen molar-refractivity contribution in [2.75, 3.05) is 6.61 Å². The summed E-state index contributed by atoms with van der Waals surface area (Å²) in [4.78, 5) is 13.9. The van der Waals surface area contributed by atoms with Gasteiger partial charge in [0.1, 0.15) is 29.6 Å². The van der Waals surface area contributed by atoms with E-state index in [2.05, 4.69) is 0 Å². The lowest BCUT2D eigenvalue weighted by Crippen LogP contribution is -2.61. The zero-order valence-corrected chi connectivity index (χ0v) is 23.2. The fourth-order valence-corrected chi connectivity index (χ4v) is 5.22. The summed E-state index contributed by atoms with van der Waals surface area (Å²) < 4.78 is 38.8. The molecule has 0 unspecified atom stereocenters. The average Bonchev–Trinajstić information content (AvgIpc) is 2.93. The maximum Gasteiger partial charge on any atom is 0.311 e. The van der Waals surface area contributed by atoms with E-state index >= 15 is 0 Å². The molecule has 1 fully saturated rings. The SMILES string of the molecule is CC(C)(C)C(=O)O[C@H]1[C@@H](OCc2ccccc2)[C@H](OCc2ccccc2)[C@@H](CO)O[C@@H]1Sc1ccc(F)cc1. The predicted molar refractivity (Wildman–Crippen MR) is 147 cm³/mol. The Kier molecular flexibility index (Phi) is 10.2. The molecule has 0 radical (unpaired) electrons. The van der Waals surface area contributed by atoms with Crippen LogP contribution in [0.4, 0.5) is 4.39 Å². The van der Waals surface area contributed by atoms with Gasteiger partial charge in [-0.1, -0.05) is 72.4 Å². The summed E-state index contributed by atoms with van der Waals surface area (Å²) in [6.07, 6.45) is -3.12. The normalized spacial score (nSPS) is 23.4. The van der Waals surface area contributed by atoms with E-state index in [1.165, 1.54) is 23.9 Å². The Morgan fingerprint density at radius 2 is 1.38 bits per heavy atom. The Balaban J connectivity index is 1.67. The van der Waals surface area contributed by atoms with Gasteiger partial charge in [0, 0.05) is 4.90 Å². The largest absolute Gasteiger partial charge is 0.455 e. The van der Waals surface area contributed by atoms with Crippen LogP contribution in [0.2, 0.25) is 0 Å². The highest BCUT2D eigenvalue weighted by Crippen LogP contribution is 2.38. The molecule has 1 aliphatic heterocycles. The number of hydrogen-bond acceptors (Lipinski definition) is 7. The lowest BCUT2D eigenvalue weighted by Gasteiger charge is -2.45. The molecule has 1 N–H and O–H groups in total. The number of carbonyl (C=O) groups is 1. The smallest absolute Gasteiger partial charge is 0.311 e. The van der Waals surface area contributed by atoms with Gasteiger partial charge >= 0.3 is 5.97 Å². The summed E-state index contributed by atoms with van der Waals surface area (Å²) >= 11 is 1.28. The van der Waals surface area contributed by atoms with Crippen molar-refractivity contribution in [1.29, 1.82) is 0 Å². The van der Waals surface area contributed by atoms with Crippen molar-refractivity contribution in [3.05, 3.63) is 102 Å². The van der Waals surface area contributed by atoms with Crippen LogP contribution >= 0.6 is 11.8 Å². The van der Waals surface area contributed by atoms with Gasteiger partial charge in [-0.05, 0) is 56.2 Å². The van der Waals surface area contributed by atoms with E-state index in [-0.39, 0.29) is 25.6 Å². The van der Waals surface area contributed by atoms with Crippen molar-refractivity contribution in [2.45, 2.75) is 68.7 Å². The molecule has 6 nitrogen and oxygen atoms in total. The molecule has 0 bridgehead atoms. The third-order valence-corrected chi connectivity index (χ3v) is 7.42. The van der Waals surface area contributed by atoms with E-state index in [1.807, 2.05) is 60.7 Å². The highest BCUT2D eigenvalue weighted by Gasteiger charge is 2.50. The first-order chi connectivity index (χ1) is 18.7. The van der Waals surface area contributed by atoms with Gasteiger partial charge in [-0.2, -0.15) is 0 Å². The molecule has 1 heterocycles. The summed E-state index contributed by atoms with van der Waals surface area (Å²) in [5.41, 5.74) is 0.372. The quantitative estimate of drug-likeness (QED) is 0.319. The fraction of sp³-hybridized carbons (Fsp3) is 0.387. The molecular formula is C31H35FO6S.